The molecule has 2 N–H and O–H groups in total. The van der Waals surface area contributed by atoms with Gasteiger partial charge in [-0.15, -0.1) is 0 Å². The number of halogens is 1. The predicted molar refractivity (Wildman–Crippen MR) is 79.0 cm³/mol. The predicted octanol–water partition coefficient (Wildman–Crippen LogP) is 3.47. The second-order valence-electron chi connectivity index (χ2n) is 4.42. The summed E-state index contributed by atoms with van der Waals surface area (Å²) < 4.78 is 4.91. The SMILES string of the molecule is CC[C@H](Nc1ccc(Cl)cc1)C(=O)Nc1cc(C)on1. The standard InChI is InChI=1S/C14H16ClN3O2/c1-3-12(16-11-6-4-10(15)5-7-11)14(19)17-13-8-9(2)20-18-13/h4-8,12,16H,3H2,1-2H3,(H,17,18,19)/t12-/m0/s1. The first kappa shape index (κ1) is 14.4. The highest BCUT2D eigenvalue weighted by molar-refractivity contribution is 6.30. The molecule has 0 aliphatic rings. The van der Waals surface area contributed by atoms with Crippen molar-refractivity contribution in [3.05, 3.63) is 41.1 Å². The van der Waals surface area contributed by atoms with E-state index < -0.39 is 0 Å². The van der Waals surface area contributed by atoms with Crippen LogP contribution in [0.1, 0.15) is 19.1 Å². The average Bonchev–Trinajstić information content (AvgIpc) is 2.83. The number of nitrogens with one attached hydrogen (secondary N) is 2. The third kappa shape index (κ3) is 3.74. The normalized spacial score (nSPS) is 11.9. The van der Waals surface area contributed by atoms with Gasteiger partial charge in [0.15, 0.2) is 5.82 Å². The first-order valence-electron chi connectivity index (χ1n) is 6.34. The minimum Gasteiger partial charge on any atom is -0.374 e. The molecule has 1 atom stereocenters. The Balaban J connectivity index is 2.00. The van der Waals surface area contributed by atoms with Crippen molar-refractivity contribution in [3.63, 3.8) is 0 Å². The largest absolute Gasteiger partial charge is 0.374 e. The van der Waals surface area contributed by atoms with Gasteiger partial charge in [-0.25, -0.2) is 0 Å². The summed E-state index contributed by atoms with van der Waals surface area (Å²) in [6.07, 6.45) is 0.644. The van der Waals surface area contributed by atoms with E-state index in [9.17, 15) is 4.79 Å². The van der Waals surface area contributed by atoms with Gasteiger partial charge < -0.3 is 15.2 Å². The first-order chi connectivity index (χ1) is 9.58. The number of carbonyl (C=O) groups is 1. The molecule has 0 radical (unpaired) electrons. The third-order valence-corrected chi connectivity index (χ3v) is 3.04. The Hall–Kier alpha value is -2.01. The number of aromatic nitrogens is 1. The number of aryl methyl sites for hydroxylation is 1. The van der Waals surface area contributed by atoms with Crippen LogP contribution in [0.25, 0.3) is 0 Å². The molecule has 1 aromatic heterocycles. The van der Waals surface area contributed by atoms with Gasteiger partial charge in [-0.2, -0.15) is 0 Å². The van der Waals surface area contributed by atoms with Crippen LogP contribution in [0.3, 0.4) is 0 Å². The smallest absolute Gasteiger partial charge is 0.248 e. The molecular weight excluding hydrogens is 278 g/mol. The van der Waals surface area contributed by atoms with Gasteiger partial charge in [0.2, 0.25) is 5.91 Å². The van der Waals surface area contributed by atoms with Crippen molar-refractivity contribution >= 4 is 29.0 Å². The average molecular weight is 294 g/mol. The number of hydrogen-bond acceptors (Lipinski definition) is 4. The lowest BCUT2D eigenvalue weighted by atomic mass is 10.2. The van der Waals surface area contributed by atoms with Gasteiger partial charge in [0.25, 0.3) is 0 Å². The molecule has 1 amide bonds. The minimum absolute atomic E-state index is 0.157. The molecule has 0 spiro atoms. The molecule has 0 unspecified atom stereocenters. The molecule has 1 aromatic carbocycles. The summed E-state index contributed by atoms with van der Waals surface area (Å²) in [7, 11) is 0. The van der Waals surface area contributed by atoms with Crippen LogP contribution in [0, 0.1) is 6.92 Å². The fourth-order valence-electron chi connectivity index (χ4n) is 1.74. The molecular formula is C14H16ClN3O2. The summed E-state index contributed by atoms with van der Waals surface area (Å²) in [6.45, 7) is 3.70. The van der Waals surface area contributed by atoms with Gasteiger partial charge in [-0.3, -0.25) is 4.79 Å². The van der Waals surface area contributed by atoms with Gasteiger partial charge in [-0.1, -0.05) is 23.7 Å². The van der Waals surface area contributed by atoms with E-state index in [-0.39, 0.29) is 11.9 Å². The number of hydrogen-bond donors (Lipinski definition) is 2. The lowest BCUT2D eigenvalue weighted by Crippen LogP contribution is -2.34. The molecule has 0 saturated carbocycles. The summed E-state index contributed by atoms with van der Waals surface area (Å²) in [5.41, 5.74) is 0.840. The summed E-state index contributed by atoms with van der Waals surface area (Å²) in [4.78, 5) is 12.1. The van der Waals surface area contributed by atoms with Crippen LogP contribution in [0.15, 0.2) is 34.9 Å². The fourth-order valence-corrected chi connectivity index (χ4v) is 1.86. The van der Waals surface area contributed by atoms with E-state index in [2.05, 4.69) is 15.8 Å². The molecule has 0 aliphatic carbocycles. The monoisotopic (exact) mass is 293 g/mol. The zero-order chi connectivity index (χ0) is 14.5. The molecule has 2 rings (SSSR count). The van der Waals surface area contributed by atoms with Crippen molar-refractivity contribution in [2.75, 3.05) is 10.6 Å². The molecule has 0 saturated heterocycles. The molecule has 5 nitrogen and oxygen atoms in total. The van der Waals surface area contributed by atoms with E-state index in [0.717, 1.165) is 5.69 Å². The van der Waals surface area contributed by atoms with E-state index in [1.807, 2.05) is 19.1 Å². The quantitative estimate of drug-likeness (QED) is 0.886. The van der Waals surface area contributed by atoms with E-state index in [1.54, 1.807) is 25.1 Å². The molecule has 2 aromatic rings. The molecule has 0 bridgehead atoms. The van der Waals surface area contributed by atoms with Gasteiger partial charge in [0, 0.05) is 16.8 Å². The fraction of sp³-hybridized carbons (Fsp3) is 0.286. The molecule has 0 fully saturated rings. The van der Waals surface area contributed by atoms with E-state index in [4.69, 9.17) is 16.1 Å². The minimum atomic E-state index is -0.354. The number of carbonyl (C=O) groups excluding carboxylic acids is 1. The zero-order valence-corrected chi connectivity index (χ0v) is 12.1. The molecule has 1 heterocycles. The summed E-state index contributed by atoms with van der Waals surface area (Å²) in [5, 5.41) is 10.3. The van der Waals surface area contributed by atoms with Gasteiger partial charge in [-0.05, 0) is 37.6 Å². The lowest BCUT2D eigenvalue weighted by molar-refractivity contribution is -0.117. The summed E-state index contributed by atoms with van der Waals surface area (Å²) >= 11 is 5.83. The summed E-state index contributed by atoms with van der Waals surface area (Å²) in [6, 6.07) is 8.53. The number of nitrogens with zero attached hydrogens (tertiary/aromatic N) is 1. The maximum atomic E-state index is 12.1. The van der Waals surface area contributed by atoms with Crippen LogP contribution < -0.4 is 10.6 Å². The third-order valence-electron chi connectivity index (χ3n) is 2.79. The van der Waals surface area contributed by atoms with Crippen molar-refractivity contribution in [1.29, 1.82) is 0 Å². The number of rotatable bonds is 5. The molecule has 0 aliphatic heterocycles. The van der Waals surface area contributed by atoms with Crippen LogP contribution in [0.4, 0.5) is 11.5 Å². The van der Waals surface area contributed by atoms with Crippen molar-refractivity contribution in [2.24, 2.45) is 0 Å². The second kappa shape index (κ2) is 6.43. The highest BCUT2D eigenvalue weighted by Gasteiger charge is 2.17. The number of benzene rings is 1. The zero-order valence-electron chi connectivity index (χ0n) is 11.3. The highest BCUT2D eigenvalue weighted by Crippen LogP contribution is 2.16. The molecule has 6 heteroatoms. The van der Waals surface area contributed by atoms with E-state index in [1.165, 1.54) is 0 Å². The van der Waals surface area contributed by atoms with E-state index >= 15 is 0 Å². The lowest BCUT2D eigenvalue weighted by Gasteiger charge is -2.17. The second-order valence-corrected chi connectivity index (χ2v) is 4.86. The van der Waals surface area contributed by atoms with Crippen LogP contribution in [0.5, 0.6) is 0 Å². The topological polar surface area (TPSA) is 67.2 Å². The molecule has 20 heavy (non-hydrogen) atoms. The van der Waals surface area contributed by atoms with Crippen LogP contribution >= 0.6 is 11.6 Å². The van der Waals surface area contributed by atoms with Crippen molar-refractivity contribution in [1.82, 2.24) is 5.16 Å². The van der Waals surface area contributed by atoms with Gasteiger partial charge in [0.1, 0.15) is 11.8 Å². The Morgan fingerprint density at radius 1 is 1.40 bits per heavy atom. The highest BCUT2D eigenvalue weighted by atomic mass is 35.5. The van der Waals surface area contributed by atoms with Crippen molar-refractivity contribution in [3.8, 4) is 0 Å². The first-order valence-corrected chi connectivity index (χ1v) is 6.72. The summed E-state index contributed by atoms with van der Waals surface area (Å²) in [5.74, 6) is 0.915. The Kier molecular flexibility index (Phi) is 4.63. The van der Waals surface area contributed by atoms with Crippen molar-refractivity contribution in [2.45, 2.75) is 26.3 Å². The number of amides is 1. The Morgan fingerprint density at radius 2 is 2.10 bits per heavy atom. The van der Waals surface area contributed by atoms with Crippen LogP contribution in [-0.2, 0) is 4.79 Å². The Bertz CT molecular complexity index is 580. The van der Waals surface area contributed by atoms with Crippen LogP contribution in [0.2, 0.25) is 5.02 Å². The Morgan fingerprint density at radius 3 is 2.65 bits per heavy atom. The van der Waals surface area contributed by atoms with Crippen molar-refractivity contribution < 1.29 is 9.32 Å². The number of anilines is 2. The van der Waals surface area contributed by atoms with Gasteiger partial charge >= 0.3 is 0 Å². The Labute approximate surface area is 122 Å². The maximum Gasteiger partial charge on any atom is 0.248 e. The van der Waals surface area contributed by atoms with E-state index in [0.29, 0.717) is 23.0 Å². The maximum absolute atomic E-state index is 12.1. The van der Waals surface area contributed by atoms with Crippen LogP contribution in [-0.4, -0.2) is 17.1 Å². The molecule has 106 valence electrons. The van der Waals surface area contributed by atoms with Gasteiger partial charge in [0.05, 0.1) is 0 Å².